The molecule has 0 aliphatic carbocycles. The van der Waals surface area contributed by atoms with Crippen molar-refractivity contribution in [2.75, 3.05) is 6.54 Å². The highest BCUT2D eigenvalue weighted by atomic mass is 16.2. The number of nitrogens with zero attached hydrogens (tertiary/aromatic N) is 1. The Labute approximate surface area is 86.9 Å². The summed E-state index contributed by atoms with van der Waals surface area (Å²) >= 11 is 0. The summed E-state index contributed by atoms with van der Waals surface area (Å²) in [6.07, 6.45) is 1.04. The Morgan fingerprint density at radius 1 is 1.36 bits per heavy atom. The zero-order valence-electron chi connectivity index (χ0n) is 9.92. The molecule has 1 N–H and O–H groups in total. The van der Waals surface area contributed by atoms with Gasteiger partial charge in [0.15, 0.2) is 0 Å². The molecule has 82 valence electrons. The lowest BCUT2D eigenvalue weighted by Gasteiger charge is -2.35. The molecule has 1 rings (SSSR count). The molecule has 3 nitrogen and oxygen atoms in total. The highest BCUT2D eigenvalue weighted by Crippen LogP contribution is 2.18. The quantitative estimate of drug-likeness (QED) is 0.638. The molecule has 3 heteroatoms. The fourth-order valence-electron chi connectivity index (χ4n) is 1.91. The van der Waals surface area contributed by atoms with Crippen LogP contribution in [-0.4, -0.2) is 35.0 Å². The molecule has 1 saturated heterocycles. The average molecular weight is 198 g/mol. The predicted molar refractivity (Wildman–Crippen MR) is 58.1 cm³/mol. The molecule has 0 saturated carbocycles. The highest BCUT2D eigenvalue weighted by Gasteiger charge is 2.32. The van der Waals surface area contributed by atoms with E-state index in [1.54, 1.807) is 0 Å². The molecule has 1 aliphatic heterocycles. The molecule has 1 fully saturated rings. The van der Waals surface area contributed by atoms with Gasteiger partial charge >= 0.3 is 0 Å². The van der Waals surface area contributed by atoms with Gasteiger partial charge in [-0.15, -0.1) is 0 Å². The second kappa shape index (κ2) is 3.89. The fraction of sp³-hybridized carbons (Fsp3) is 0.909. The third-order valence-electron chi connectivity index (χ3n) is 2.77. The zero-order valence-corrected chi connectivity index (χ0v) is 9.92. The van der Waals surface area contributed by atoms with Crippen LogP contribution in [0.25, 0.3) is 0 Å². The second-order valence-electron chi connectivity index (χ2n) is 5.24. The van der Waals surface area contributed by atoms with Crippen LogP contribution >= 0.6 is 0 Å². The van der Waals surface area contributed by atoms with Gasteiger partial charge in [0.05, 0.1) is 6.04 Å². The molecule has 0 radical (unpaired) electrons. The summed E-state index contributed by atoms with van der Waals surface area (Å²) in [5, 5.41) is 3.30. The van der Waals surface area contributed by atoms with Crippen molar-refractivity contribution in [3.63, 3.8) is 0 Å². The van der Waals surface area contributed by atoms with E-state index < -0.39 is 0 Å². The first kappa shape index (κ1) is 11.5. The molecule has 1 aliphatic rings. The van der Waals surface area contributed by atoms with E-state index in [0.717, 1.165) is 13.0 Å². The summed E-state index contributed by atoms with van der Waals surface area (Å²) in [6.45, 7) is 11.2. The summed E-state index contributed by atoms with van der Waals surface area (Å²) in [7, 11) is 0. The van der Waals surface area contributed by atoms with E-state index in [2.05, 4.69) is 33.0 Å². The van der Waals surface area contributed by atoms with Crippen molar-refractivity contribution in [2.24, 2.45) is 0 Å². The number of hydrogen-bond donors (Lipinski definition) is 1. The third-order valence-corrected chi connectivity index (χ3v) is 2.77. The minimum atomic E-state index is -0.0584. The summed E-state index contributed by atoms with van der Waals surface area (Å²) < 4.78 is 0. The number of rotatable bonds is 0. The second-order valence-corrected chi connectivity index (χ2v) is 5.24. The van der Waals surface area contributed by atoms with E-state index in [0.29, 0.717) is 6.04 Å². The Balaban J connectivity index is 2.81. The van der Waals surface area contributed by atoms with E-state index in [1.807, 2.05) is 11.8 Å². The minimum absolute atomic E-state index is 0.0493. The van der Waals surface area contributed by atoms with Crippen LogP contribution in [0.4, 0.5) is 0 Å². The topological polar surface area (TPSA) is 32.3 Å². The highest BCUT2D eigenvalue weighted by molar-refractivity contribution is 5.82. The van der Waals surface area contributed by atoms with Crippen molar-refractivity contribution in [1.82, 2.24) is 10.2 Å². The Bertz CT molecular complexity index is 220. The van der Waals surface area contributed by atoms with Gasteiger partial charge in [0, 0.05) is 18.1 Å². The molecule has 0 bridgehead atoms. The molecule has 0 aromatic heterocycles. The Kier molecular flexibility index (Phi) is 3.20. The number of hydrogen-bond acceptors (Lipinski definition) is 2. The van der Waals surface area contributed by atoms with Crippen LogP contribution in [0.2, 0.25) is 0 Å². The van der Waals surface area contributed by atoms with Gasteiger partial charge in [0.25, 0.3) is 0 Å². The van der Waals surface area contributed by atoms with Crippen molar-refractivity contribution < 1.29 is 4.79 Å². The first-order valence-electron chi connectivity index (χ1n) is 5.40. The molecule has 1 heterocycles. The lowest BCUT2D eigenvalue weighted by Crippen LogP contribution is -2.50. The monoisotopic (exact) mass is 198 g/mol. The van der Waals surface area contributed by atoms with Gasteiger partial charge in [0.2, 0.25) is 5.91 Å². The van der Waals surface area contributed by atoms with Gasteiger partial charge in [-0.1, -0.05) is 0 Å². The van der Waals surface area contributed by atoms with Gasteiger partial charge in [-0.05, 0) is 41.0 Å². The van der Waals surface area contributed by atoms with Gasteiger partial charge in [0.1, 0.15) is 0 Å². The van der Waals surface area contributed by atoms with Crippen LogP contribution in [0.3, 0.4) is 0 Å². The molecule has 2 atom stereocenters. The largest absolute Gasteiger partial charge is 0.336 e. The third kappa shape index (κ3) is 2.47. The van der Waals surface area contributed by atoms with Crippen molar-refractivity contribution in [2.45, 2.75) is 58.7 Å². The van der Waals surface area contributed by atoms with Gasteiger partial charge < -0.3 is 10.2 Å². The average Bonchev–Trinajstić information content (AvgIpc) is 2.11. The normalized spacial score (nSPS) is 30.4. The van der Waals surface area contributed by atoms with Crippen molar-refractivity contribution >= 4 is 5.91 Å². The maximum Gasteiger partial charge on any atom is 0.239 e. The Morgan fingerprint density at radius 3 is 2.43 bits per heavy atom. The number of amides is 1. The van der Waals surface area contributed by atoms with E-state index in [9.17, 15) is 4.79 Å². The lowest BCUT2D eigenvalue weighted by molar-refractivity contribution is -0.136. The zero-order chi connectivity index (χ0) is 10.9. The Morgan fingerprint density at radius 2 is 1.93 bits per heavy atom. The first-order valence-corrected chi connectivity index (χ1v) is 5.40. The van der Waals surface area contributed by atoms with Gasteiger partial charge in [-0.25, -0.2) is 0 Å². The lowest BCUT2D eigenvalue weighted by atomic mass is 10.0. The summed E-state index contributed by atoms with van der Waals surface area (Å²) in [6, 6.07) is 0.382. The van der Waals surface area contributed by atoms with Gasteiger partial charge in [-0.3, -0.25) is 4.79 Å². The van der Waals surface area contributed by atoms with E-state index in [-0.39, 0.29) is 17.5 Å². The Hall–Kier alpha value is -0.570. The molecule has 0 aromatic carbocycles. The summed E-state index contributed by atoms with van der Waals surface area (Å²) in [4.78, 5) is 14.0. The molecule has 14 heavy (non-hydrogen) atoms. The van der Waals surface area contributed by atoms with Crippen LogP contribution in [0.5, 0.6) is 0 Å². The van der Waals surface area contributed by atoms with Crippen LogP contribution in [-0.2, 0) is 4.79 Å². The number of carbonyl (C=O) groups is 1. The minimum Gasteiger partial charge on any atom is -0.336 e. The first-order chi connectivity index (χ1) is 6.32. The summed E-state index contributed by atoms with van der Waals surface area (Å²) in [5.74, 6) is 0.224. The molecule has 0 spiro atoms. The number of nitrogens with one attached hydrogen (secondary N) is 1. The van der Waals surface area contributed by atoms with E-state index >= 15 is 0 Å². The van der Waals surface area contributed by atoms with E-state index in [1.165, 1.54) is 0 Å². The van der Waals surface area contributed by atoms with Crippen LogP contribution in [0.1, 0.15) is 41.0 Å². The maximum atomic E-state index is 12.0. The van der Waals surface area contributed by atoms with Crippen molar-refractivity contribution in [3.05, 3.63) is 0 Å². The van der Waals surface area contributed by atoms with Crippen molar-refractivity contribution in [1.29, 1.82) is 0 Å². The maximum absolute atomic E-state index is 12.0. The van der Waals surface area contributed by atoms with Crippen molar-refractivity contribution in [3.8, 4) is 0 Å². The number of carbonyl (C=O) groups excluding carboxylic acids is 1. The molecule has 0 aromatic rings. The smallest absolute Gasteiger partial charge is 0.239 e. The van der Waals surface area contributed by atoms with Gasteiger partial charge in [-0.2, -0.15) is 0 Å². The molecular formula is C11H22N2O. The van der Waals surface area contributed by atoms with Crippen LogP contribution in [0, 0.1) is 0 Å². The SMILES string of the molecule is CC1CCN(C(C)(C)C)C(=O)C(C)N1. The molecule has 1 amide bonds. The van der Waals surface area contributed by atoms with Crippen LogP contribution < -0.4 is 5.32 Å². The fourth-order valence-corrected chi connectivity index (χ4v) is 1.91. The molecule has 2 unspecified atom stereocenters. The van der Waals surface area contributed by atoms with E-state index in [4.69, 9.17) is 0 Å². The predicted octanol–water partition coefficient (Wildman–Crippen LogP) is 1.38. The standard InChI is InChI=1S/C11H22N2O/c1-8-6-7-13(11(3,4)5)10(14)9(2)12-8/h8-9,12H,6-7H2,1-5H3. The molecular weight excluding hydrogens is 176 g/mol. The van der Waals surface area contributed by atoms with Crippen LogP contribution in [0.15, 0.2) is 0 Å². The summed E-state index contributed by atoms with van der Waals surface area (Å²) in [5.41, 5.74) is -0.0584.